The molecule has 2 N–H and O–H groups in total. The van der Waals surface area contributed by atoms with Crippen LogP contribution in [0.2, 0.25) is 0 Å². The van der Waals surface area contributed by atoms with Crippen LogP contribution in [-0.2, 0) is 16.3 Å². The summed E-state index contributed by atoms with van der Waals surface area (Å²) in [5.74, 6) is 0.337. The zero-order chi connectivity index (χ0) is 11.8. The molecular formula is C12H17NO2S. The minimum atomic E-state index is -2.87. The molecule has 0 saturated carbocycles. The smallest absolute Gasteiger partial charge is 0.153 e. The van der Waals surface area contributed by atoms with Crippen LogP contribution in [0.3, 0.4) is 0 Å². The van der Waals surface area contributed by atoms with E-state index in [1.807, 2.05) is 25.1 Å². The van der Waals surface area contributed by atoms with Crippen LogP contribution in [0.4, 0.5) is 5.69 Å². The second-order valence-electron chi connectivity index (χ2n) is 4.54. The third kappa shape index (κ3) is 2.21. The van der Waals surface area contributed by atoms with Crippen LogP contribution in [0.1, 0.15) is 24.0 Å². The van der Waals surface area contributed by atoms with Crippen LogP contribution in [-0.4, -0.2) is 19.4 Å². The summed E-state index contributed by atoms with van der Waals surface area (Å²) in [7, 11) is -2.87. The average Bonchev–Trinajstić information content (AvgIpc) is 2.50. The van der Waals surface area contributed by atoms with Crippen molar-refractivity contribution in [2.75, 3.05) is 11.5 Å². The monoisotopic (exact) mass is 239 g/mol. The highest BCUT2D eigenvalue weighted by molar-refractivity contribution is 7.92. The van der Waals surface area contributed by atoms with Crippen molar-refractivity contribution in [2.24, 2.45) is 0 Å². The van der Waals surface area contributed by atoms with Gasteiger partial charge in [-0.1, -0.05) is 12.1 Å². The molecule has 0 bridgehead atoms. The molecule has 1 unspecified atom stereocenters. The van der Waals surface area contributed by atoms with Gasteiger partial charge in [0.1, 0.15) is 0 Å². The molecule has 0 spiro atoms. The molecule has 1 aliphatic heterocycles. The fourth-order valence-corrected chi connectivity index (χ4v) is 4.09. The molecular weight excluding hydrogens is 222 g/mol. The molecule has 1 aliphatic rings. The van der Waals surface area contributed by atoms with E-state index in [-0.39, 0.29) is 5.25 Å². The van der Waals surface area contributed by atoms with Gasteiger partial charge in [0.15, 0.2) is 9.84 Å². The molecule has 0 aromatic heterocycles. The highest BCUT2D eigenvalue weighted by Crippen LogP contribution is 2.26. The lowest BCUT2D eigenvalue weighted by Crippen LogP contribution is -2.19. The molecule has 1 aromatic carbocycles. The number of nitrogens with two attached hydrogens (primary N) is 1. The van der Waals surface area contributed by atoms with E-state index in [1.165, 1.54) is 0 Å². The van der Waals surface area contributed by atoms with Crippen molar-refractivity contribution in [1.82, 2.24) is 0 Å². The van der Waals surface area contributed by atoms with Crippen molar-refractivity contribution in [3.8, 4) is 0 Å². The Morgan fingerprint density at radius 3 is 2.75 bits per heavy atom. The number of rotatable bonds is 2. The average molecular weight is 239 g/mol. The largest absolute Gasteiger partial charge is 0.398 e. The minimum absolute atomic E-state index is 0.225. The first-order valence-corrected chi connectivity index (χ1v) is 7.27. The second-order valence-corrected chi connectivity index (χ2v) is 6.94. The zero-order valence-electron chi connectivity index (χ0n) is 9.44. The fraction of sp³-hybridized carbons (Fsp3) is 0.500. The number of nitrogen functional groups attached to an aromatic ring is 1. The van der Waals surface area contributed by atoms with E-state index >= 15 is 0 Å². The molecule has 1 saturated heterocycles. The van der Waals surface area contributed by atoms with E-state index in [0.29, 0.717) is 17.9 Å². The standard InChI is InChI=1S/C12H17NO2S/c1-9-4-5-10(12(13)7-9)8-11-3-2-6-16(11,14)15/h4-5,7,11H,2-3,6,8,13H2,1H3. The van der Waals surface area contributed by atoms with E-state index in [1.54, 1.807) is 0 Å². The summed E-state index contributed by atoms with van der Waals surface area (Å²) in [5, 5.41) is -0.225. The van der Waals surface area contributed by atoms with Crippen LogP contribution < -0.4 is 5.73 Å². The first kappa shape index (κ1) is 11.5. The lowest BCUT2D eigenvalue weighted by molar-refractivity contribution is 0.588. The Labute approximate surface area is 96.6 Å². The normalized spacial score (nSPS) is 23.4. The van der Waals surface area contributed by atoms with Gasteiger partial charge in [-0.3, -0.25) is 0 Å². The predicted molar refractivity (Wildman–Crippen MR) is 66.1 cm³/mol. The molecule has 0 aliphatic carbocycles. The number of hydrogen-bond acceptors (Lipinski definition) is 3. The SMILES string of the molecule is Cc1ccc(CC2CCCS2(=O)=O)c(N)c1. The third-order valence-corrected chi connectivity index (χ3v) is 5.49. The van der Waals surface area contributed by atoms with Crippen LogP contribution in [0, 0.1) is 6.92 Å². The van der Waals surface area contributed by atoms with Gasteiger partial charge < -0.3 is 5.73 Å². The third-order valence-electron chi connectivity index (χ3n) is 3.21. The Morgan fingerprint density at radius 2 is 2.19 bits per heavy atom. The van der Waals surface area contributed by atoms with Gasteiger partial charge in [-0.25, -0.2) is 8.42 Å². The van der Waals surface area contributed by atoms with E-state index in [2.05, 4.69) is 0 Å². The van der Waals surface area contributed by atoms with Gasteiger partial charge in [0.05, 0.1) is 11.0 Å². The molecule has 0 radical (unpaired) electrons. The summed E-state index contributed by atoms with van der Waals surface area (Å²) in [5.41, 5.74) is 8.67. The van der Waals surface area contributed by atoms with Gasteiger partial charge >= 0.3 is 0 Å². The maximum Gasteiger partial charge on any atom is 0.153 e. The van der Waals surface area contributed by atoms with Crippen molar-refractivity contribution in [2.45, 2.75) is 31.4 Å². The lowest BCUT2D eigenvalue weighted by Gasteiger charge is -2.11. The molecule has 4 heteroatoms. The minimum Gasteiger partial charge on any atom is -0.398 e. The van der Waals surface area contributed by atoms with Gasteiger partial charge in [0, 0.05) is 5.69 Å². The van der Waals surface area contributed by atoms with E-state index in [4.69, 9.17) is 5.73 Å². The van der Waals surface area contributed by atoms with Gasteiger partial charge in [-0.15, -0.1) is 0 Å². The Balaban J connectivity index is 2.21. The van der Waals surface area contributed by atoms with E-state index in [9.17, 15) is 8.42 Å². The lowest BCUT2D eigenvalue weighted by atomic mass is 10.0. The zero-order valence-corrected chi connectivity index (χ0v) is 10.3. The van der Waals surface area contributed by atoms with Crippen LogP contribution in [0.25, 0.3) is 0 Å². The number of hydrogen-bond donors (Lipinski definition) is 1. The summed E-state index contributed by atoms with van der Waals surface area (Å²) in [6.45, 7) is 1.98. The summed E-state index contributed by atoms with van der Waals surface area (Å²) in [6, 6.07) is 5.82. The maximum atomic E-state index is 11.7. The summed E-state index contributed by atoms with van der Waals surface area (Å²) in [4.78, 5) is 0. The topological polar surface area (TPSA) is 60.2 Å². The number of benzene rings is 1. The summed E-state index contributed by atoms with van der Waals surface area (Å²) >= 11 is 0. The molecule has 2 rings (SSSR count). The van der Waals surface area contributed by atoms with Crippen LogP contribution >= 0.6 is 0 Å². The second kappa shape index (κ2) is 4.09. The number of anilines is 1. The molecule has 0 amide bonds. The van der Waals surface area contributed by atoms with Crippen molar-refractivity contribution >= 4 is 15.5 Å². The maximum absolute atomic E-state index is 11.7. The summed E-state index contributed by atoms with van der Waals surface area (Å²) < 4.78 is 23.4. The molecule has 16 heavy (non-hydrogen) atoms. The van der Waals surface area contributed by atoms with Crippen LogP contribution in [0.5, 0.6) is 0 Å². The molecule has 1 aromatic rings. The van der Waals surface area contributed by atoms with Gasteiger partial charge in [-0.2, -0.15) is 0 Å². The van der Waals surface area contributed by atoms with Crippen molar-refractivity contribution in [3.05, 3.63) is 29.3 Å². The van der Waals surface area contributed by atoms with Gasteiger partial charge in [0.2, 0.25) is 0 Å². The molecule has 1 atom stereocenters. The molecule has 88 valence electrons. The van der Waals surface area contributed by atoms with Gasteiger partial charge in [-0.05, 0) is 43.4 Å². The molecule has 1 heterocycles. The highest BCUT2D eigenvalue weighted by Gasteiger charge is 2.31. The summed E-state index contributed by atoms with van der Waals surface area (Å²) in [6.07, 6.45) is 2.13. The number of aryl methyl sites for hydroxylation is 1. The molecule has 3 nitrogen and oxygen atoms in total. The van der Waals surface area contributed by atoms with Crippen molar-refractivity contribution < 1.29 is 8.42 Å². The Hall–Kier alpha value is -1.03. The molecule has 1 fully saturated rings. The van der Waals surface area contributed by atoms with Crippen LogP contribution in [0.15, 0.2) is 18.2 Å². The number of sulfone groups is 1. The van der Waals surface area contributed by atoms with Gasteiger partial charge in [0.25, 0.3) is 0 Å². The van der Waals surface area contributed by atoms with Crippen molar-refractivity contribution in [1.29, 1.82) is 0 Å². The predicted octanol–water partition coefficient (Wildman–Crippen LogP) is 1.70. The Morgan fingerprint density at radius 1 is 1.44 bits per heavy atom. The first-order valence-electron chi connectivity index (χ1n) is 5.55. The van der Waals surface area contributed by atoms with Crippen molar-refractivity contribution in [3.63, 3.8) is 0 Å². The highest BCUT2D eigenvalue weighted by atomic mass is 32.2. The van der Waals surface area contributed by atoms with E-state index < -0.39 is 9.84 Å². The Kier molecular flexibility index (Phi) is 2.93. The van der Waals surface area contributed by atoms with E-state index in [0.717, 1.165) is 24.0 Å². The quantitative estimate of drug-likeness (QED) is 0.799. The Bertz CT molecular complexity index is 494. The first-order chi connectivity index (χ1) is 7.49. The fourth-order valence-electron chi connectivity index (χ4n) is 2.23.